The van der Waals surface area contributed by atoms with Crippen LogP contribution >= 0.6 is 23.2 Å². The number of ether oxygens (including phenoxy) is 1. The lowest BCUT2D eigenvalue weighted by Gasteiger charge is -2.32. The lowest BCUT2D eigenvalue weighted by atomic mass is 10.1. The Balaban J connectivity index is 1.71. The van der Waals surface area contributed by atoms with Crippen molar-refractivity contribution in [1.29, 1.82) is 0 Å². The lowest BCUT2D eigenvalue weighted by Crippen LogP contribution is -2.37. The van der Waals surface area contributed by atoms with E-state index < -0.39 is 5.43 Å². The maximum Gasteiger partial charge on any atom is 0.226 e. The Hall–Kier alpha value is -1.53. The van der Waals surface area contributed by atoms with E-state index in [2.05, 4.69) is 4.90 Å². The van der Waals surface area contributed by atoms with Crippen molar-refractivity contribution in [3.63, 3.8) is 0 Å². The molecule has 3 rings (SSSR count). The van der Waals surface area contributed by atoms with Gasteiger partial charge < -0.3 is 14.3 Å². The molecular weight excluding hydrogens is 341 g/mol. The maximum atomic E-state index is 11.5. The molecule has 1 N–H and O–H groups in total. The van der Waals surface area contributed by atoms with Crippen LogP contribution in [0.15, 0.2) is 39.7 Å². The van der Waals surface area contributed by atoms with Crippen molar-refractivity contribution in [3.8, 4) is 5.75 Å². The Morgan fingerprint density at radius 2 is 2.09 bits per heavy atom. The third kappa shape index (κ3) is 3.87. The molecule has 0 spiro atoms. The number of hydrogen-bond donors (Lipinski definition) is 1. The van der Waals surface area contributed by atoms with Crippen molar-refractivity contribution >= 4 is 23.2 Å². The molecule has 1 aliphatic rings. The van der Waals surface area contributed by atoms with Crippen LogP contribution in [0.4, 0.5) is 0 Å². The van der Waals surface area contributed by atoms with Crippen LogP contribution in [0.2, 0.25) is 10.0 Å². The van der Waals surface area contributed by atoms with E-state index in [4.69, 9.17) is 32.4 Å². The highest BCUT2D eigenvalue weighted by atomic mass is 35.5. The number of morpholine rings is 1. The third-order valence-corrected chi connectivity index (χ3v) is 4.45. The standard InChI is InChI=1S/C16H15Cl2NO4/c17-12-2-1-10(5-13(12)18)16-8-19(3-4-22-16)7-11-6-14(20)15(21)9-23-11/h1-2,5-6,9,16,21H,3-4,7-8H2. The van der Waals surface area contributed by atoms with E-state index in [1.165, 1.54) is 6.07 Å². The predicted octanol–water partition coefficient (Wildman–Crippen LogP) is 3.23. The first-order valence-electron chi connectivity index (χ1n) is 7.12. The van der Waals surface area contributed by atoms with Crippen LogP contribution in [-0.2, 0) is 11.3 Å². The fourth-order valence-corrected chi connectivity index (χ4v) is 2.81. The summed E-state index contributed by atoms with van der Waals surface area (Å²) in [6.07, 6.45) is 0.941. The highest BCUT2D eigenvalue weighted by Crippen LogP contribution is 2.29. The van der Waals surface area contributed by atoms with Crippen LogP contribution < -0.4 is 5.43 Å². The summed E-state index contributed by atoms with van der Waals surface area (Å²) >= 11 is 12.0. The molecule has 0 amide bonds. The zero-order chi connectivity index (χ0) is 16.4. The second kappa shape index (κ2) is 6.93. The molecule has 0 bridgehead atoms. The molecule has 0 saturated carbocycles. The predicted molar refractivity (Wildman–Crippen MR) is 87.1 cm³/mol. The minimum atomic E-state index is -0.444. The van der Waals surface area contributed by atoms with Gasteiger partial charge in [0.15, 0.2) is 5.75 Å². The number of rotatable bonds is 3. The van der Waals surface area contributed by atoms with Gasteiger partial charge in [-0.15, -0.1) is 0 Å². The van der Waals surface area contributed by atoms with Crippen LogP contribution in [0.3, 0.4) is 0 Å². The van der Waals surface area contributed by atoms with E-state index in [0.717, 1.165) is 18.4 Å². The number of aromatic hydroxyl groups is 1. The monoisotopic (exact) mass is 355 g/mol. The topological polar surface area (TPSA) is 62.9 Å². The second-order valence-corrected chi connectivity index (χ2v) is 6.18. The van der Waals surface area contributed by atoms with Gasteiger partial charge in [-0.1, -0.05) is 29.3 Å². The van der Waals surface area contributed by atoms with Crippen molar-refractivity contribution in [2.24, 2.45) is 0 Å². The number of halogens is 2. The first-order chi connectivity index (χ1) is 11.0. The Bertz CT molecular complexity index is 762. The molecule has 1 saturated heterocycles. The number of hydrogen-bond acceptors (Lipinski definition) is 5. The van der Waals surface area contributed by atoms with Gasteiger partial charge in [-0.2, -0.15) is 0 Å². The summed E-state index contributed by atoms with van der Waals surface area (Å²) in [4.78, 5) is 13.6. The fourth-order valence-electron chi connectivity index (χ4n) is 2.51. The molecule has 5 nitrogen and oxygen atoms in total. The van der Waals surface area contributed by atoms with Gasteiger partial charge in [-0.3, -0.25) is 9.69 Å². The molecule has 1 unspecified atom stereocenters. The van der Waals surface area contributed by atoms with Gasteiger partial charge in [0.05, 0.1) is 29.3 Å². The molecule has 2 aromatic rings. The van der Waals surface area contributed by atoms with Gasteiger partial charge in [-0.05, 0) is 17.7 Å². The zero-order valence-corrected chi connectivity index (χ0v) is 13.7. The lowest BCUT2D eigenvalue weighted by molar-refractivity contribution is -0.0348. The minimum absolute atomic E-state index is 0.123. The van der Waals surface area contributed by atoms with E-state index in [1.54, 1.807) is 12.1 Å². The van der Waals surface area contributed by atoms with Crippen LogP contribution in [0.1, 0.15) is 17.4 Å². The summed E-state index contributed by atoms with van der Waals surface area (Å²) in [6, 6.07) is 6.75. The van der Waals surface area contributed by atoms with Gasteiger partial charge in [0, 0.05) is 19.2 Å². The van der Waals surface area contributed by atoms with Crippen molar-refractivity contribution in [2.75, 3.05) is 19.7 Å². The van der Waals surface area contributed by atoms with Gasteiger partial charge in [-0.25, -0.2) is 0 Å². The zero-order valence-electron chi connectivity index (χ0n) is 12.2. The normalized spacial score (nSPS) is 19.0. The van der Waals surface area contributed by atoms with Crippen LogP contribution in [-0.4, -0.2) is 29.7 Å². The van der Waals surface area contributed by atoms with Crippen LogP contribution in [0.25, 0.3) is 0 Å². The molecule has 1 atom stereocenters. The molecule has 122 valence electrons. The quantitative estimate of drug-likeness (QED) is 0.915. The highest BCUT2D eigenvalue weighted by Gasteiger charge is 2.23. The van der Waals surface area contributed by atoms with Gasteiger partial charge in [0.1, 0.15) is 12.0 Å². The number of nitrogens with zero attached hydrogens (tertiary/aromatic N) is 1. The molecule has 0 aliphatic carbocycles. The summed E-state index contributed by atoms with van der Waals surface area (Å²) < 4.78 is 11.0. The van der Waals surface area contributed by atoms with Crippen molar-refractivity contribution in [1.82, 2.24) is 4.90 Å². The second-order valence-electron chi connectivity index (χ2n) is 5.36. The van der Waals surface area contributed by atoms with Crippen molar-refractivity contribution in [3.05, 3.63) is 62.1 Å². The first-order valence-corrected chi connectivity index (χ1v) is 7.88. The molecule has 0 radical (unpaired) electrons. The summed E-state index contributed by atoms with van der Waals surface area (Å²) in [6.45, 7) is 2.40. The summed E-state index contributed by atoms with van der Waals surface area (Å²) in [5.74, 6) is 0.118. The molecule has 1 fully saturated rings. The molecular formula is C16H15Cl2NO4. The maximum absolute atomic E-state index is 11.5. The molecule has 2 heterocycles. The fraction of sp³-hybridized carbons (Fsp3) is 0.312. The summed E-state index contributed by atoms with van der Waals surface area (Å²) in [5.41, 5.74) is 0.511. The molecule has 23 heavy (non-hydrogen) atoms. The average molecular weight is 356 g/mol. The smallest absolute Gasteiger partial charge is 0.226 e. The SMILES string of the molecule is O=c1cc(CN2CCOC(c3ccc(Cl)c(Cl)c3)C2)occ1O. The van der Waals surface area contributed by atoms with E-state index in [0.29, 0.717) is 35.5 Å². The summed E-state index contributed by atoms with van der Waals surface area (Å²) in [7, 11) is 0. The molecule has 1 aromatic carbocycles. The third-order valence-electron chi connectivity index (χ3n) is 3.71. The van der Waals surface area contributed by atoms with E-state index in [9.17, 15) is 9.90 Å². The van der Waals surface area contributed by atoms with Crippen LogP contribution in [0.5, 0.6) is 5.75 Å². The Kier molecular flexibility index (Phi) is 4.92. The van der Waals surface area contributed by atoms with E-state index in [-0.39, 0.29) is 11.9 Å². The Labute approximate surface area is 143 Å². The average Bonchev–Trinajstić information content (AvgIpc) is 2.54. The van der Waals surface area contributed by atoms with E-state index >= 15 is 0 Å². The van der Waals surface area contributed by atoms with Crippen LogP contribution in [0, 0.1) is 0 Å². The summed E-state index contributed by atoms with van der Waals surface area (Å²) in [5, 5.41) is 10.2. The highest BCUT2D eigenvalue weighted by molar-refractivity contribution is 6.42. The van der Waals surface area contributed by atoms with Crippen molar-refractivity contribution in [2.45, 2.75) is 12.6 Å². The van der Waals surface area contributed by atoms with Gasteiger partial charge in [0.2, 0.25) is 5.43 Å². The number of benzene rings is 1. The first kappa shape index (κ1) is 16.3. The minimum Gasteiger partial charge on any atom is -0.502 e. The Morgan fingerprint density at radius 3 is 2.83 bits per heavy atom. The molecule has 1 aliphatic heterocycles. The molecule has 7 heteroatoms. The van der Waals surface area contributed by atoms with E-state index in [1.807, 2.05) is 6.07 Å². The van der Waals surface area contributed by atoms with Gasteiger partial charge in [0.25, 0.3) is 0 Å². The van der Waals surface area contributed by atoms with Crippen molar-refractivity contribution < 1.29 is 14.3 Å². The molecule has 1 aromatic heterocycles. The largest absolute Gasteiger partial charge is 0.502 e. The Morgan fingerprint density at radius 1 is 1.26 bits per heavy atom. The van der Waals surface area contributed by atoms with Gasteiger partial charge >= 0.3 is 0 Å².